The molecule has 0 bridgehead atoms. The highest BCUT2D eigenvalue weighted by molar-refractivity contribution is 5.73. The molecule has 104 valence electrons. The number of hydrogen-bond donors (Lipinski definition) is 0. The van der Waals surface area contributed by atoms with E-state index in [1.54, 1.807) is 0 Å². The van der Waals surface area contributed by atoms with E-state index in [1.165, 1.54) is 6.07 Å². The van der Waals surface area contributed by atoms with Crippen molar-refractivity contribution in [2.75, 3.05) is 0 Å². The average Bonchev–Trinajstić information content (AvgIpc) is 2.40. The van der Waals surface area contributed by atoms with Gasteiger partial charge in [0.2, 0.25) is 0 Å². The molecule has 0 fully saturated rings. The summed E-state index contributed by atoms with van der Waals surface area (Å²) in [5.41, 5.74) is 4.04. The van der Waals surface area contributed by atoms with Crippen molar-refractivity contribution in [2.24, 2.45) is 0 Å². The lowest BCUT2D eigenvalue weighted by atomic mass is 9.90. The van der Waals surface area contributed by atoms with Crippen molar-refractivity contribution in [3.8, 4) is 11.1 Å². The van der Waals surface area contributed by atoms with Gasteiger partial charge in [0.25, 0.3) is 0 Å². The van der Waals surface area contributed by atoms with Gasteiger partial charge < -0.3 is 0 Å². The molecular weight excluding hydrogens is 254 g/mol. The molecule has 0 spiro atoms. The van der Waals surface area contributed by atoms with Crippen LogP contribution in [0.25, 0.3) is 16.7 Å². The van der Waals surface area contributed by atoms with Gasteiger partial charge in [-0.3, -0.25) is 0 Å². The summed E-state index contributed by atoms with van der Waals surface area (Å²) in [6.07, 6.45) is 0. The van der Waals surface area contributed by atoms with Crippen LogP contribution in [0.5, 0.6) is 0 Å². The zero-order valence-corrected chi connectivity index (χ0v) is 12.0. The molecular formula is C18H18F2. The Morgan fingerprint density at radius 1 is 1.05 bits per heavy atom. The number of halogens is 2. The van der Waals surface area contributed by atoms with Crippen molar-refractivity contribution in [2.45, 2.75) is 26.7 Å². The van der Waals surface area contributed by atoms with E-state index in [1.807, 2.05) is 25.1 Å². The minimum atomic E-state index is -0.439. The first kappa shape index (κ1) is 14.4. The maximum absolute atomic E-state index is 13.9. The summed E-state index contributed by atoms with van der Waals surface area (Å²) in [4.78, 5) is 0. The van der Waals surface area contributed by atoms with Crippen molar-refractivity contribution in [3.63, 3.8) is 0 Å². The summed E-state index contributed by atoms with van der Waals surface area (Å²) >= 11 is 0. The van der Waals surface area contributed by atoms with E-state index in [-0.39, 0.29) is 5.56 Å². The monoisotopic (exact) mass is 272 g/mol. The van der Waals surface area contributed by atoms with Gasteiger partial charge in [-0.1, -0.05) is 38.1 Å². The third kappa shape index (κ3) is 2.79. The van der Waals surface area contributed by atoms with E-state index < -0.39 is 11.6 Å². The standard InChI is InChI=1S/C18H18F2/c1-11(2)15-7-5-13(9-16(15)12(3)4)17-10-14(19)6-8-18(17)20/h5-11H,3H2,1-2,4H3. The van der Waals surface area contributed by atoms with E-state index in [0.29, 0.717) is 11.5 Å². The molecule has 0 radical (unpaired) electrons. The fourth-order valence-electron chi connectivity index (χ4n) is 2.32. The largest absolute Gasteiger partial charge is 0.207 e. The van der Waals surface area contributed by atoms with Crippen molar-refractivity contribution in [1.29, 1.82) is 0 Å². The van der Waals surface area contributed by atoms with Crippen molar-refractivity contribution in [1.82, 2.24) is 0 Å². The Balaban J connectivity index is 2.62. The molecule has 0 saturated heterocycles. The van der Waals surface area contributed by atoms with Gasteiger partial charge >= 0.3 is 0 Å². The van der Waals surface area contributed by atoms with Gasteiger partial charge in [0.15, 0.2) is 0 Å². The second kappa shape index (κ2) is 5.58. The molecule has 0 saturated carbocycles. The van der Waals surface area contributed by atoms with Crippen LogP contribution in [0.2, 0.25) is 0 Å². The SMILES string of the molecule is C=C(C)c1cc(-c2cc(F)ccc2F)ccc1C(C)C. The quantitative estimate of drug-likeness (QED) is 0.663. The summed E-state index contributed by atoms with van der Waals surface area (Å²) in [7, 11) is 0. The maximum Gasteiger partial charge on any atom is 0.131 e. The molecule has 0 aromatic heterocycles. The van der Waals surface area contributed by atoms with Gasteiger partial charge in [0.05, 0.1) is 0 Å². The topological polar surface area (TPSA) is 0 Å². The lowest BCUT2D eigenvalue weighted by Crippen LogP contribution is -1.96. The maximum atomic E-state index is 13.9. The van der Waals surface area contributed by atoms with E-state index in [9.17, 15) is 8.78 Å². The molecule has 0 aliphatic rings. The minimum Gasteiger partial charge on any atom is -0.207 e. The lowest BCUT2D eigenvalue weighted by Gasteiger charge is -2.15. The van der Waals surface area contributed by atoms with Crippen LogP contribution in [-0.2, 0) is 0 Å². The number of hydrogen-bond acceptors (Lipinski definition) is 0. The summed E-state index contributed by atoms with van der Waals surface area (Å²) in [5.74, 6) is -0.504. The molecule has 2 heteroatoms. The van der Waals surface area contributed by atoms with Crippen LogP contribution >= 0.6 is 0 Å². The van der Waals surface area contributed by atoms with Gasteiger partial charge in [-0.15, -0.1) is 0 Å². The predicted molar refractivity (Wildman–Crippen MR) is 80.6 cm³/mol. The van der Waals surface area contributed by atoms with Crippen molar-refractivity contribution >= 4 is 5.57 Å². The Bertz CT molecular complexity index is 654. The Hall–Kier alpha value is -1.96. The molecule has 0 nitrogen and oxygen atoms in total. The molecule has 0 unspecified atom stereocenters. The molecule has 0 aliphatic carbocycles. The van der Waals surface area contributed by atoms with E-state index in [2.05, 4.69) is 20.4 Å². The average molecular weight is 272 g/mol. The molecule has 0 atom stereocenters. The van der Waals surface area contributed by atoms with Crippen LogP contribution in [0, 0.1) is 11.6 Å². The Morgan fingerprint density at radius 3 is 2.35 bits per heavy atom. The van der Waals surface area contributed by atoms with Gasteiger partial charge in [-0.05, 0) is 53.8 Å². The minimum absolute atomic E-state index is 0.280. The molecule has 0 amide bonds. The van der Waals surface area contributed by atoms with Crippen LogP contribution in [0.3, 0.4) is 0 Å². The summed E-state index contributed by atoms with van der Waals surface area (Å²) < 4.78 is 27.2. The third-order valence-corrected chi connectivity index (χ3v) is 3.37. The summed E-state index contributed by atoms with van der Waals surface area (Å²) in [6, 6.07) is 9.19. The van der Waals surface area contributed by atoms with Gasteiger partial charge in [0.1, 0.15) is 11.6 Å². The fourth-order valence-corrected chi connectivity index (χ4v) is 2.32. The number of benzene rings is 2. The second-order valence-electron chi connectivity index (χ2n) is 5.36. The van der Waals surface area contributed by atoms with Crippen molar-refractivity contribution < 1.29 is 8.78 Å². The second-order valence-corrected chi connectivity index (χ2v) is 5.36. The number of allylic oxidation sites excluding steroid dienone is 1. The highest BCUT2D eigenvalue weighted by atomic mass is 19.1. The summed E-state index contributed by atoms with van der Waals surface area (Å²) in [6.45, 7) is 10.1. The van der Waals surface area contributed by atoms with Crippen LogP contribution in [0.15, 0.2) is 43.0 Å². The highest BCUT2D eigenvalue weighted by Crippen LogP contribution is 2.31. The third-order valence-electron chi connectivity index (χ3n) is 3.37. The first-order valence-corrected chi connectivity index (χ1v) is 6.65. The van der Waals surface area contributed by atoms with Gasteiger partial charge in [0, 0.05) is 5.56 Å². The molecule has 2 aromatic rings. The molecule has 0 heterocycles. The molecule has 0 aliphatic heterocycles. The predicted octanol–water partition coefficient (Wildman–Crippen LogP) is 5.79. The van der Waals surface area contributed by atoms with E-state index in [0.717, 1.165) is 28.8 Å². The Morgan fingerprint density at radius 2 is 1.75 bits per heavy atom. The van der Waals surface area contributed by atoms with E-state index in [4.69, 9.17) is 0 Å². The molecule has 2 aromatic carbocycles. The van der Waals surface area contributed by atoms with Crippen LogP contribution in [0.4, 0.5) is 8.78 Å². The first-order valence-electron chi connectivity index (χ1n) is 6.65. The lowest BCUT2D eigenvalue weighted by molar-refractivity contribution is 0.603. The zero-order chi connectivity index (χ0) is 14.9. The Labute approximate surface area is 118 Å². The van der Waals surface area contributed by atoms with Crippen LogP contribution < -0.4 is 0 Å². The number of rotatable bonds is 3. The normalized spacial score (nSPS) is 10.9. The molecule has 20 heavy (non-hydrogen) atoms. The molecule has 2 rings (SSSR count). The smallest absolute Gasteiger partial charge is 0.131 e. The van der Waals surface area contributed by atoms with Crippen LogP contribution in [0.1, 0.15) is 37.8 Å². The fraction of sp³-hybridized carbons (Fsp3) is 0.222. The van der Waals surface area contributed by atoms with Gasteiger partial charge in [-0.25, -0.2) is 8.78 Å². The Kier molecular flexibility index (Phi) is 4.03. The van der Waals surface area contributed by atoms with E-state index >= 15 is 0 Å². The van der Waals surface area contributed by atoms with Gasteiger partial charge in [-0.2, -0.15) is 0 Å². The van der Waals surface area contributed by atoms with Crippen molar-refractivity contribution in [3.05, 3.63) is 65.7 Å². The van der Waals surface area contributed by atoms with Crippen LogP contribution in [-0.4, -0.2) is 0 Å². The highest BCUT2D eigenvalue weighted by Gasteiger charge is 2.12. The first-order chi connectivity index (χ1) is 9.40. The molecule has 0 N–H and O–H groups in total. The summed E-state index contributed by atoms with van der Waals surface area (Å²) in [5, 5.41) is 0. The zero-order valence-electron chi connectivity index (χ0n) is 12.0.